The Bertz CT molecular complexity index is 1060. The van der Waals surface area contributed by atoms with Crippen molar-refractivity contribution in [2.24, 2.45) is 17.3 Å². The normalized spacial score (nSPS) is 11.2. The van der Waals surface area contributed by atoms with Crippen molar-refractivity contribution in [3.63, 3.8) is 0 Å². The number of carboxylic acids is 1. The highest BCUT2D eigenvalue weighted by Gasteiger charge is 2.16. The molecule has 1 heterocycles. The zero-order valence-electron chi connectivity index (χ0n) is 14.1. The number of carbonyl (C=O) groups is 1. The van der Waals surface area contributed by atoms with Gasteiger partial charge in [0.15, 0.2) is 5.69 Å². The number of aromatic nitrogens is 2. The van der Waals surface area contributed by atoms with Gasteiger partial charge >= 0.3 is 5.97 Å². The molecule has 0 fully saturated rings. The van der Waals surface area contributed by atoms with Crippen LogP contribution in [0.1, 0.15) is 16.1 Å². The van der Waals surface area contributed by atoms with E-state index >= 15 is 0 Å². The van der Waals surface area contributed by atoms with Gasteiger partial charge in [-0.2, -0.15) is 0 Å². The topological polar surface area (TPSA) is 109 Å². The van der Waals surface area contributed by atoms with Crippen molar-refractivity contribution in [3.05, 3.63) is 70.1 Å². The van der Waals surface area contributed by atoms with Crippen LogP contribution in [0, 0.1) is 6.92 Å². The number of rotatable bonds is 4. The van der Waals surface area contributed by atoms with Crippen LogP contribution in [0.4, 0.5) is 11.4 Å². The molecule has 0 amide bonds. The maximum Gasteiger partial charge on any atom is 0.335 e. The van der Waals surface area contributed by atoms with Gasteiger partial charge in [-0.05, 0) is 37.3 Å². The monoisotopic (exact) mass is 352 g/mol. The summed E-state index contributed by atoms with van der Waals surface area (Å²) in [6.07, 6.45) is 0. The van der Waals surface area contributed by atoms with Gasteiger partial charge in [-0.1, -0.05) is 18.2 Å². The van der Waals surface area contributed by atoms with E-state index in [1.54, 1.807) is 30.8 Å². The van der Waals surface area contributed by atoms with Crippen molar-refractivity contribution >= 4 is 17.3 Å². The minimum absolute atomic E-state index is 0.0289. The molecule has 0 saturated heterocycles. The van der Waals surface area contributed by atoms with Crippen LogP contribution < -0.4 is 5.56 Å². The molecule has 26 heavy (non-hydrogen) atoms. The number of hydrogen-bond donors (Lipinski definition) is 2. The standard InChI is InChI=1S/C18H16N4O4/c1-11-16(17(24)22(21(11)2)13-6-4-3-5-7-13)20-19-14-10-12(18(25)26)8-9-15(14)23/h3-10,23H,1-2H3,(H,25,26). The SMILES string of the molecule is Cc1c(N=Nc2cc(C(=O)O)ccc2O)c(=O)n(-c2ccccc2)n1C. The molecule has 0 aliphatic carbocycles. The molecule has 0 radical (unpaired) electrons. The lowest BCUT2D eigenvalue weighted by Crippen LogP contribution is -2.19. The largest absolute Gasteiger partial charge is 0.506 e. The molecule has 2 aromatic carbocycles. The Morgan fingerprint density at radius 2 is 1.77 bits per heavy atom. The summed E-state index contributed by atoms with van der Waals surface area (Å²) in [5.74, 6) is -1.38. The van der Waals surface area contributed by atoms with Gasteiger partial charge in [-0.3, -0.25) is 9.48 Å². The molecule has 8 heteroatoms. The Labute approximate surface area is 148 Å². The summed E-state index contributed by atoms with van der Waals surface area (Å²) in [6.45, 7) is 1.72. The number of phenolic OH excluding ortho intramolecular Hbond substituents is 1. The third-order valence-electron chi connectivity index (χ3n) is 4.00. The molecule has 0 aliphatic heterocycles. The van der Waals surface area contributed by atoms with Crippen LogP contribution in [0.5, 0.6) is 5.75 Å². The molecule has 1 aromatic heterocycles. The minimum atomic E-state index is -1.15. The van der Waals surface area contributed by atoms with E-state index in [1.165, 1.54) is 22.9 Å². The summed E-state index contributed by atoms with van der Waals surface area (Å²) in [7, 11) is 1.73. The molecule has 0 bridgehead atoms. The zero-order chi connectivity index (χ0) is 18.8. The number of azo groups is 1. The summed E-state index contributed by atoms with van der Waals surface area (Å²) in [5, 5.41) is 26.7. The van der Waals surface area contributed by atoms with E-state index in [2.05, 4.69) is 10.2 Å². The van der Waals surface area contributed by atoms with Gasteiger partial charge in [0.2, 0.25) is 0 Å². The maximum absolute atomic E-state index is 12.7. The van der Waals surface area contributed by atoms with Gasteiger partial charge in [0, 0.05) is 7.05 Å². The van der Waals surface area contributed by atoms with Crippen molar-refractivity contribution in [1.82, 2.24) is 9.36 Å². The summed E-state index contributed by atoms with van der Waals surface area (Å²) in [4.78, 5) is 23.8. The molecule has 0 unspecified atom stereocenters. The third-order valence-corrected chi connectivity index (χ3v) is 4.00. The summed E-state index contributed by atoms with van der Waals surface area (Å²) in [6, 6.07) is 12.7. The van der Waals surface area contributed by atoms with Gasteiger partial charge in [0.1, 0.15) is 11.4 Å². The molecule has 8 nitrogen and oxygen atoms in total. The highest BCUT2D eigenvalue weighted by atomic mass is 16.4. The van der Waals surface area contributed by atoms with Crippen molar-refractivity contribution in [1.29, 1.82) is 0 Å². The maximum atomic E-state index is 12.7. The lowest BCUT2D eigenvalue weighted by atomic mass is 10.2. The van der Waals surface area contributed by atoms with E-state index < -0.39 is 5.97 Å². The Balaban J connectivity index is 2.07. The zero-order valence-corrected chi connectivity index (χ0v) is 14.1. The lowest BCUT2D eigenvalue weighted by Gasteiger charge is -2.07. The number of para-hydroxylation sites is 1. The molecule has 3 rings (SSSR count). The second kappa shape index (κ2) is 6.67. The van der Waals surface area contributed by atoms with E-state index in [0.29, 0.717) is 11.4 Å². The highest BCUT2D eigenvalue weighted by molar-refractivity contribution is 5.89. The van der Waals surface area contributed by atoms with Gasteiger partial charge < -0.3 is 10.2 Å². The first-order valence-electron chi connectivity index (χ1n) is 7.72. The first-order valence-corrected chi connectivity index (χ1v) is 7.72. The number of aromatic carboxylic acids is 1. The highest BCUT2D eigenvalue weighted by Crippen LogP contribution is 2.29. The fourth-order valence-electron chi connectivity index (χ4n) is 2.51. The van der Waals surface area contributed by atoms with E-state index in [4.69, 9.17) is 5.11 Å². The molecule has 0 atom stereocenters. The van der Waals surface area contributed by atoms with Crippen molar-refractivity contribution in [2.75, 3.05) is 0 Å². The average Bonchev–Trinajstić information content (AvgIpc) is 2.84. The lowest BCUT2D eigenvalue weighted by molar-refractivity contribution is 0.0697. The Kier molecular flexibility index (Phi) is 4.40. The second-order valence-corrected chi connectivity index (χ2v) is 5.62. The number of carboxylic acid groups (broad SMARTS) is 1. The van der Waals surface area contributed by atoms with Crippen LogP contribution in [0.2, 0.25) is 0 Å². The second-order valence-electron chi connectivity index (χ2n) is 5.62. The minimum Gasteiger partial charge on any atom is -0.506 e. The fourth-order valence-corrected chi connectivity index (χ4v) is 2.51. The smallest absolute Gasteiger partial charge is 0.335 e. The number of aromatic hydroxyl groups is 1. The molecule has 0 aliphatic rings. The average molecular weight is 352 g/mol. The quantitative estimate of drug-likeness (QED) is 0.702. The number of nitrogens with zero attached hydrogens (tertiary/aromatic N) is 4. The number of benzene rings is 2. The van der Waals surface area contributed by atoms with Crippen LogP contribution in [0.3, 0.4) is 0 Å². The van der Waals surface area contributed by atoms with Gasteiger partial charge in [-0.15, -0.1) is 10.2 Å². The van der Waals surface area contributed by atoms with Gasteiger partial charge in [0.25, 0.3) is 5.56 Å². The fraction of sp³-hybridized carbons (Fsp3) is 0.111. The summed E-state index contributed by atoms with van der Waals surface area (Å²) < 4.78 is 3.11. The van der Waals surface area contributed by atoms with Gasteiger partial charge in [0.05, 0.1) is 16.9 Å². The first kappa shape index (κ1) is 17.2. The molecule has 132 valence electrons. The molecule has 3 aromatic rings. The molecule has 0 saturated carbocycles. The van der Waals surface area contributed by atoms with Crippen LogP contribution in [0.25, 0.3) is 5.69 Å². The molecular formula is C18H16N4O4. The van der Waals surface area contributed by atoms with E-state index in [-0.39, 0.29) is 28.2 Å². The predicted octanol–water partition coefficient (Wildman–Crippen LogP) is 3.30. The van der Waals surface area contributed by atoms with Crippen LogP contribution in [-0.2, 0) is 7.05 Å². The summed E-state index contributed by atoms with van der Waals surface area (Å²) >= 11 is 0. The van der Waals surface area contributed by atoms with Crippen LogP contribution in [0.15, 0.2) is 63.6 Å². The number of phenols is 1. The van der Waals surface area contributed by atoms with E-state index in [9.17, 15) is 14.7 Å². The van der Waals surface area contributed by atoms with Crippen molar-refractivity contribution < 1.29 is 15.0 Å². The molecule has 0 spiro atoms. The van der Waals surface area contributed by atoms with Gasteiger partial charge in [-0.25, -0.2) is 9.48 Å². The summed E-state index contributed by atoms with van der Waals surface area (Å²) in [5.41, 5.74) is 0.934. The first-order chi connectivity index (χ1) is 12.4. The Morgan fingerprint density at radius 1 is 1.08 bits per heavy atom. The number of hydrogen-bond acceptors (Lipinski definition) is 5. The Morgan fingerprint density at radius 3 is 2.42 bits per heavy atom. The third kappa shape index (κ3) is 3.00. The molecule has 2 N–H and O–H groups in total. The predicted molar refractivity (Wildman–Crippen MR) is 95.0 cm³/mol. The van der Waals surface area contributed by atoms with Crippen molar-refractivity contribution in [3.8, 4) is 11.4 Å². The van der Waals surface area contributed by atoms with Crippen LogP contribution >= 0.6 is 0 Å². The van der Waals surface area contributed by atoms with Crippen LogP contribution in [-0.4, -0.2) is 25.5 Å². The van der Waals surface area contributed by atoms with E-state index in [0.717, 1.165) is 0 Å². The van der Waals surface area contributed by atoms with Crippen molar-refractivity contribution in [2.45, 2.75) is 6.92 Å². The van der Waals surface area contributed by atoms with E-state index in [1.807, 2.05) is 18.2 Å². The molecular weight excluding hydrogens is 336 g/mol. The Hall–Kier alpha value is -3.68.